The molecule has 3 heteroatoms. The average Bonchev–Trinajstić information content (AvgIpc) is 2.63. The molecule has 0 atom stereocenters. The first-order valence-corrected chi connectivity index (χ1v) is 5.75. The number of ether oxygens (including phenoxy) is 1. The Kier molecular flexibility index (Phi) is 12.4. The lowest BCUT2D eigenvalue weighted by Crippen LogP contribution is -1.96. The van der Waals surface area contributed by atoms with Gasteiger partial charge in [0.2, 0.25) is 0 Å². The summed E-state index contributed by atoms with van der Waals surface area (Å²) in [5.41, 5.74) is 3.52. The van der Waals surface area contributed by atoms with Gasteiger partial charge < -0.3 is 4.74 Å². The Labute approximate surface area is 94.2 Å². The van der Waals surface area contributed by atoms with Gasteiger partial charge in [-0.1, -0.05) is 27.7 Å². The average molecular weight is 214 g/mol. The number of nitrogens with one attached hydrogen (secondary N) is 1. The highest BCUT2D eigenvalue weighted by molar-refractivity contribution is 5.22. The molecule has 3 nitrogen and oxygen atoms in total. The van der Waals surface area contributed by atoms with Crippen molar-refractivity contribution in [1.29, 1.82) is 0 Å². The van der Waals surface area contributed by atoms with Crippen LogP contribution in [-0.4, -0.2) is 23.9 Å². The minimum atomic E-state index is 0.741. The molecule has 1 N–H and O–H groups in total. The third-order valence-electron chi connectivity index (χ3n) is 1.90. The van der Waals surface area contributed by atoms with Gasteiger partial charge >= 0.3 is 0 Å². The SMILES string of the molecule is CC.CC.COCCc1n[nH]c(C)c1C. The van der Waals surface area contributed by atoms with Gasteiger partial charge in [0.25, 0.3) is 0 Å². The smallest absolute Gasteiger partial charge is 0.0676 e. The van der Waals surface area contributed by atoms with E-state index < -0.39 is 0 Å². The molecule has 0 aliphatic carbocycles. The maximum Gasteiger partial charge on any atom is 0.0676 e. The number of aromatic nitrogens is 2. The van der Waals surface area contributed by atoms with Gasteiger partial charge in [-0.15, -0.1) is 0 Å². The molecule has 15 heavy (non-hydrogen) atoms. The Morgan fingerprint density at radius 3 is 2.00 bits per heavy atom. The van der Waals surface area contributed by atoms with Gasteiger partial charge in [-0.05, 0) is 19.4 Å². The summed E-state index contributed by atoms with van der Waals surface area (Å²) in [6.45, 7) is 12.8. The second-order valence-electron chi connectivity index (χ2n) is 2.66. The quantitative estimate of drug-likeness (QED) is 0.838. The van der Waals surface area contributed by atoms with E-state index in [1.54, 1.807) is 7.11 Å². The monoisotopic (exact) mass is 214 g/mol. The zero-order chi connectivity index (χ0) is 12.3. The van der Waals surface area contributed by atoms with Crippen molar-refractivity contribution in [2.24, 2.45) is 0 Å². The molecule has 0 spiro atoms. The van der Waals surface area contributed by atoms with Crippen LogP contribution >= 0.6 is 0 Å². The van der Waals surface area contributed by atoms with Crippen molar-refractivity contribution in [3.05, 3.63) is 17.0 Å². The lowest BCUT2D eigenvalue weighted by Gasteiger charge is -1.95. The van der Waals surface area contributed by atoms with E-state index in [0.717, 1.165) is 24.4 Å². The lowest BCUT2D eigenvalue weighted by atomic mass is 10.2. The van der Waals surface area contributed by atoms with Crippen LogP contribution < -0.4 is 0 Å². The third kappa shape index (κ3) is 6.28. The highest BCUT2D eigenvalue weighted by Crippen LogP contribution is 2.08. The highest BCUT2D eigenvalue weighted by atomic mass is 16.5. The van der Waals surface area contributed by atoms with E-state index in [9.17, 15) is 0 Å². The number of aryl methyl sites for hydroxylation is 1. The van der Waals surface area contributed by atoms with Crippen LogP contribution in [0.5, 0.6) is 0 Å². The van der Waals surface area contributed by atoms with Crippen LogP contribution in [0.25, 0.3) is 0 Å². The fraction of sp³-hybridized carbons (Fsp3) is 0.750. The van der Waals surface area contributed by atoms with Crippen LogP contribution in [0.1, 0.15) is 44.6 Å². The van der Waals surface area contributed by atoms with E-state index in [1.165, 1.54) is 5.56 Å². The van der Waals surface area contributed by atoms with Crippen molar-refractivity contribution < 1.29 is 4.74 Å². The summed E-state index contributed by atoms with van der Waals surface area (Å²) in [7, 11) is 1.70. The van der Waals surface area contributed by atoms with Crippen LogP contribution in [0.3, 0.4) is 0 Å². The van der Waals surface area contributed by atoms with Crippen LogP contribution in [0, 0.1) is 13.8 Å². The van der Waals surface area contributed by atoms with Gasteiger partial charge in [-0.25, -0.2) is 0 Å². The van der Waals surface area contributed by atoms with Crippen molar-refractivity contribution in [1.82, 2.24) is 10.2 Å². The number of aromatic amines is 1. The van der Waals surface area contributed by atoms with Gasteiger partial charge in [0, 0.05) is 19.2 Å². The molecule has 1 aromatic rings. The van der Waals surface area contributed by atoms with Crippen LogP contribution in [-0.2, 0) is 11.2 Å². The molecule has 0 bridgehead atoms. The fourth-order valence-corrected chi connectivity index (χ4v) is 0.978. The van der Waals surface area contributed by atoms with Gasteiger partial charge in [0.1, 0.15) is 0 Å². The van der Waals surface area contributed by atoms with Crippen molar-refractivity contribution >= 4 is 0 Å². The van der Waals surface area contributed by atoms with Crippen molar-refractivity contribution in [2.45, 2.75) is 48.0 Å². The minimum Gasteiger partial charge on any atom is -0.384 e. The van der Waals surface area contributed by atoms with Crippen molar-refractivity contribution in [2.75, 3.05) is 13.7 Å². The molecule has 0 radical (unpaired) electrons. The van der Waals surface area contributed by atoms with Crippen molar-refractivity contribution in [3.63, 3.8) is 0 Å². The summed E-state index contributed by atoms with van der Waals surface area (Å²) in [5, 5.41) is 7.09. The summed E-state index contributed by atoms with van der Waals surface area (Å²) in [5.74, 6) is 0. The number of nitrogens with zero attached hydrogens (tertiary/aromatic N) is 1. The van der Waals surface area contributed by atoms with E-state index in [0.29, 0.717) is 0 Å². The normalized spacial score (nSPS) is 8.47. The van der Waals surface area contributed by atoms with E-state index in [4.69, 9.17) is 4.74 Å². The zero-order valence-corrected chi connectivity index (χ0v) is 11.3. The Morgan fingerprint density at radius 1 is 1.13 bits per heavy atom. The molecule has 1 rings (SSSR count). The molecule has 0 aliphatic rings. The summed E-state index contributed by atoms with van der Waals surface area (Å²) >= 11 is 0. The second-order valence-corrected chi connectivity index (χ2v) is 2.66. The van der Waals surface area contributed by atoms with Gasteiger partial charge in [0.05, 0.1) is 12.3 Å². The van der Waals surface area contributed by atoms with E-state index >= 15 is 0 Å². The molecule has 0 aromatic carbocycles. The first kappa shape index (κ1) is 16.6. The topological polar surface area (TPSA) is 37.9 Å². The van der Waals surface area contributed by atoms with E-state index in [1.807, 2.05) is 34.6 Å². The van der Waals surface area contributed by atoms with Gasteiger partial charge in [-0.3, -0.25) is 5.10 Å². The predicted molar refractivity (Wildman–Crippen MR) is 66.3 cm³/mol. The maximum atomic E-state index is 4.96. The molecule has 1 heterocycles. The Balaban J connectivity index is 0. The van der Waals surface area contributed by atoms with Crippen LogP contribution in [0.15, 0.2) is 0 Å². The summed E-state index contributed by atoms with van der Waals surface area (Å²) in [6.07, 6.45) is 0.896. The number of methoxy groups -OCH3 is 1. The third-order valence-corrected chi connectivity index (χ3v) is 1.90. The maximum absolute atomic E-state index is 4.96. The Bertz CT molecular complexity index is 232. The molecule has 0 saturated carbocycles. The zero-order valence-electron chi connectivity index (χ0n) is 11.3. The van der Waals surface area contributed by atoms with E-state index in [-0.39, 0.29) is 0 Å². The van der Waals surface area contributed by atoms with Crippen molar-refractivity contribution in [3.8, 4) is 0 Å². The molecule has 0 fully saturated rings. The minimum absolute atomic E-state index is 0.741. The second kappa shape index (κ2) is 11.2. The molecule has 0 aliphatic heterocycles. The lowest BCUT2D eigenvalue weighted by molar-refractivity contribution is 0.201. The Morgan fingerprint density at radius 2 is 1.67 bits per heavy atom. The summed E-state index contributed by atoms with van der Waals surface area (Å²) < 4.78 is 4.96. The standard InChI is InChI=1S/C8H14N2O.2C2H6/c1-6-7(2)9-10-8(6)4-5-11-3;2*1-2/h4-5H2,1-3H3,(H,9,10);2*1-2H3. The molecule has 0 saturated heterocycles. The molecule has 1 aromatic heterocycles. The molecular formula is C12H26N2O. The summed E-state index contributed by atoms with van der Waals surface area (Å²) in [4.78, 5) is 0. The number of rotatable bonds is 3. The molecule has 0 unspecified atom stereocenters. The fourth-order valence-electron chi connectivity index (χ4n) is 0.978. The largest absolute Gasteiger partial charge is 0.384 e. The molecule has 90 valence electrons. The van der Waals surface area contributed by atoms with Gasteiger partial charge in [0.15, 0.2) is 0 Å². The number of hydrogen-bond acceptors (Lipinski definition) is 2. The molecular weight excluding hydrogens is 188 g/mol. The summed E-state index contributed by atoms with van der Waals surface area (Å²) in [6, 6.07) is 0. The number of hydrogen-bond donors (Lipinski definition) is 1. The van der Waals surface area contributed by atoms with Crippen LogP contribution in [0.2, 0.25) is 0 Å². The van der Waals surface area contributed by atoms with Crippen LogP contribution in [0.4, 0.5) is 0 Å². The molecule has 0 amide bonds. The number of H-pyrrole nitrogens is 1. The first-order chi connectivity index (χ1) is 7.25. The van der Waals surface area contributed by atoms with E-state index in [2.05, 4.69) is 17.1 Å². The van der Waals surface area contributed by atoms with Gasteiger partial charge in [-0.2, -0.15) is 5.10 Å². The first-order valence-electron chi connectivity index (χ1n) is 5.75. The highest BCUT2D eigenvalue weighted by Gasteiger charge is 2.03. The Hall–Kier alpha value is -0.830. The predicted octanol–water partition coefficient (Wildman–Crippen LogP) is 3.27.